The van der Waals surface area contributed by atoms with Crippen molar-refractivity contribution in [1.82, 2.24) is 5.06 Å². The second kappa shape index (κ2) is 15.2. The van der Waals surface area contributed by atoms with E-state index in [-0.39, 0.29) is 45.8 Å². The molecule has 6 nitrogen and oxygen atoms in total. The average molecular weight is 744 g/mol. The maximum absolute atomic E-state index is 12.7. The van der Waals surface area contributed by atoms with E-state index < -0.39 is 22.2 Å². The number of nitrogens with zero attached hydrogens (tertiary/aromatic N) is 1. The van der Waals surface area contributed by atoms with Gasteiger partial charge in [-0.3, -0.25) is 4.84 Å². The third kappa shape index (κ3) is 8.93. The van der Waals surface area contributed by atoms with Crippen LogP contribution in [0.2, 0.25) is 36.3 Å². The van der Waals surface area contributed by atoms with Gasteiger partial charge in [0.1, 0.15) is 0 Å². The Labute approximate surface area is 315 Å². The first kappa shape index (κ1) is 42.7. The third-order valence-electron chi connectivity index (χ3n) is 14.5. The van der Waals surface area contributed by atoms with E-state index in [4.69, 9.17) is 25.0 Å². The second-order valence-electron chi connectivity index (χ2n) is 20.7. The minimum atomic E-state index is -2.01. The highest BCUT2D eigenvalue weighted by atomic mass is 28.4. The smallest absolute Gasteiger partial charge is 0.340 e. The summed E-state index contributed by atoms with van der Waals surface area (Å²) in [6, 6.07) is 0.404. The van der Waals surface area contributed by atoms with E-state index in [2.05, 4.69) is 113 Å². The first-order chi connectivity index (χ1) is 23.3. The predicted octanol–water partition coefficient (Wildman–Crippen LogP) is 11.6. The molecule has 0 aromatic heterocycles. The largest absolute Gasteiger partial charge is 0.467 e. The van der Waals surface area contributed by atoms with Gasteiger partial charge in [0.25, 0.3) is 0 Å². The number of hydrogen-bond donors (Lipinski definition) is 0. The molecule has 4 aliphatic rings. The van der Waals surface area contributed by atoms with Gasteiger partial charge in [-0.05, 0) is 136 Å². The van der Waals surface area contributed by atoms with Crippen molar-refractivity contribution in [3.8, 4) is 0 Å². The fourth-order valence-electron chi connectivity index (χ4n) is 9.51. The fourth-order valence-corrected chi connectivity index (χ4v) is 12.2. The van der Waals surface area contributed by atoms with Gasteiger partial charge in [-0.15, -0.1) is 0 Å². The molecule has 0 spiro atoms. The van der Waals surface area contributed by atoms with Crippen LogP contribution in [0.5, 0.6) is 0 Å². The van der Waals surface area contributed by atoms with Gasteiger partial charge >= 0.3 is 5.97 Å². The lowest BCUT2D eigenvalue weighted by Gasteiger charge is -2.46. The van der Waals surface area contributed by atoms with E-state index in [0.717, 1.165) is 24.8 Å². The number of esters is 1. The first-order valence-corrected chi connectivity index (χ1v) is 26.1. The predicted molar refractivity (Wildman–Crippen MR) is 218 cm³/mol. The number of fused-ring (bicyclic) bond motifs is 1. The minimum Gasteiger partial charge on any atom is -0.467 e. The van der Waals surface area contributed by atoms with Crippen LogP contribution in [0.1, 0.15) is 134 Å². The number of allylic oxidation sites excluding steroid dienone is 3. The van der Waals surface area contributed by atoms with E-state index >= 15 is 0 Å². The number of ether oxygens (including phenoxy) is 1. The van der Waals surface area contributed by atoms with Crippen LogP contribution in [0.4, 0.5) is 0 Å². The molecule has 51 heavy (non-hydrogen) atoms. The minimum absolute atomic E-state index is 0.00148. The van der Waals surface area contributed by atoms with Gasteiger partial charge in [0.15, 0.2) is 22.2 Å². The van der Waals surface area contributed by atoms with Crippen LogP contribution in [0.3, 0.4) is 0 Å². The number of carbonyl (C=O) groups excluding carboxylic acids is 1. The van der Waals surface area contributed by atoms with Gasteiger partial charge in [0.2, 0.25) is 0 Å². The van der Waals surface area contributed by atoms with Crippen molar-refractivity contribution < 1.29 is 23.2 Å². The Balaban J connectivity index is 1.57. The van der Waals surface area contributed by atoms with Gasteiger partial charge in [-0.25, -0.2) is 4.79 Å². The molecule has 8 atom stereocenters. The van der Waals surface area contributed by atoms with Crippen molar-refractivity contribution in [2.45, 2.75) is 200 Å². The number of hydrogen-bond acceptors (Lipinski definition) is 6. The summed E-state index contributed by atoms with van der Waals surface area (Å²) in [5.74, 6) is 1.51. The van der Waals surface area contributed by atoms with Crippen LogP contribution < -0.4 is 0 Å². The Morgan fingerprint density at radius 3 is 2.18 bits per heavy atom. The van der Waals surface area contributed by atoms with Gasteiger partial charge in [0, 0.05) is 24.9 Å². The molecular formula is C43H77NO5Si2. The second-order valence-corrected chi connectivity index (χ2v) is 30.2. The Bertz CT molecular complexity index is 1340. The zero-order chi connectivity index (χ0) is 38.5. The highest BCUT2D eigenvalue weighted by Crippen LogP contribution is 2.60. The monoisotopic (exact) mass is 744 g/mol. The molecule has 0 radical (unpaired) electrons. The summed E-state index contributed by atoms with van der Waals surface area (Å²) < 4.78 is 19.4. The number of methoxy groups -OCH3 is 1. The lowest BCUT2D eigenvalue weighted by Crippen LogP contribution is -2.49. The summed E-state index contributed by atoms with van der Waals surface area (Å²) in [6.07, 6.45) is 14.8. The standard InChI is InChI=1S/C43H77NO5Si2/c1-29(2)44-34(28-43(12,49-44)39(45)46-13)25-30(3)36-22-23-37-32(19-18-24-42(36,37)11)20-21-33-26-35(47-50(14,15)40(5,6)7)27-38(31(33)4)48-51(16,17)41(8,9)10/h20-21,29-30,34-38H,4,18-19,22-28H2,1-3,5-17H3/b32-20+,33-21-/t30-,34?,35-,36-,37+,38+,42-,43?/m1/s1. The number of rotatable bonds is 10. The van der Waals surface area contributed by atoms with Crippen molar-refractivity contribution in [2.24, 2.45) is 23.2 Å². The van der Waals surface area contributed by atoms with Gasteiger partial charge < -0.3 is 13.6 Å². The molecule has 1 saturated heterocycles. The summed E-state index contributed by atoms with van der Waals surface area (Å²) in [5.41, 5.74) is 3.48. The maximum Gasteiger partial charge on any atom is 0.340 e. The molecule has 3 saturated carbocycles. The molecule has 2 unspecified atom stereocenters. The Hall–Kier alpha value is -1.04. The average Bonchev–Trinajstić information content (AvgIpc) is 3.53. The lowest BCUT2D eigenvalue weighted by atomic mass is 9.60. The molecule has 1 aliphatic heterocycles. The molecule has 292 valence electrons. The molecule has 0 N–H and O–H groups in total. The Morgan fingerprint density at radius 1 is 1.00 bits per heavy atom. The van der Waals surface area contributed by atoms with Crippen molar-refractivity contribution in [2.75, 3.05) is 7.11 Å². The van der Waals surface area contributed by atoms with E-state index in [9.17, 15) is 4.79 Å². The van der Waals surface area contributed by atoms with E-state index in [1.54, 1.807) is 5.57 Å². The summed E-state index contributed by atoms with van der Waals surface area (Å²) in [7, 11) is -2.51. The topological polar surface area (TPSA) is 57.2 Å². The van der Waals surface area contributed by atoms with Crippen LogP contribution in [0.15, 0.2) is 35.5 Å². The molecular weight excluding hydrogens is 667 g/mol. The highest BCUT2D eigenvalue weighted by molar-refractivity contribution is 6.74. The molecule has 8 heteroatoms. The van der Waals surface area contributed by atoms with Gasteiger partial charge in [-0.2, -0.15) is 5.06 Å². The van der Waals surface area contributed by atoms with Gasteiger partial charge in [-0.1, -0.05) is 79.7 Å². The van der Waals surface area contributed by atoms with Crippen molar-refractivity contribution in [3.63, 3.8) is 0 Å². The van der Waals surface area contributed by atoms with E-state index in [1.165, 1.54) is 44.8 Å². The molecule has 0 aromatic carbocycles. The summed E-state index contributed by atoms with van der Waals surface area (Å²) in [5, 5.41) is 2.38. The van der Waals surface area contributed by atoms with Crippen molar-refractivity contribution in [3.05, 3.63) is 35.5 Å². The lowest BCUT2D eigenvalue weighted by molar-refractivity contribution is -0.227. The Morgan fingerprint density at radius 2 is 1.61 bits per heavy atom. The van der Waals surface area contributed by atoms with Crippen molar-refractivity contribution in [1.29, 1.82) is 0 Å². The molecule has 4 rings (SSSR count). The molecule has 0 aromatic rings. The van der Waals surface area contributed by atoms with Crippen LogP contribution in [0, 0.1) is 23.2 Å². The SMILES string of the molecule is C=C1/C(=C\C=C2/CCC[C@]3(C)[C@@H]([C@H](C)CC4CC(C)(C(=O)OC)ON4C(C)C)CC[C@@H]23)C[C@@H](O[Si](C)(C)C(C)(C)C)C[C@@H]1O[Si](C)(C)C(C)(C)C. The van der Waals surface area contributed by atoms with Crippen LogP contribution >= 0.6 is 0 Å². The molecule has 0 amide bonds. The third-order valence-corrected chi connectivity index (χ3v) is 23.5. The fraction of sp³-hybridized carbons (Fsp3) is 0.837. The normalized spacial score (nSPS) is 35.2. The molecule has 3 aliphatic carbocycles. The van der Waals surface area contributed by atoms with Crippen LogP contribution in [-0.2, 0) is 23.2 Å². The maximum atomic E-state index is 12.7. The van der Waals surface area contributed by atoms with Crippen LogP contribution in [-0.4, -0.2) is 64.7 Å². The quantitative estimate of drug-likeness (QED) is 0.164. The summed E-state index contributed by atoms with van der Waals surface area (Å²) >= 11 is 0. The van der Waals surface area contributed by atoms with E-state index in [0.29, 0.717) is 24.2 Å². The van der Waals surface area contributed by atoms with Gasteiger partial charge in [0.05, 0.1) is 19.3 Å². The zero-order valence-corrected chi connectivity index (χ0v) is 37.8. The Kier molecular flexibility index (Phi) is 12.8. The summed E-state index contributed by atoms with van der Waals surface area (Å²) in [4.78, 5) is 19.0. The number of carbonyl (C=O) groups is 1. The highest BCUT2D eigenvalue weighted by Gasteiger charge is 2.54. The van der Waals surface area contributed by atoms with E-state index in [1.807, 2.05) is 6.92 Å². The molecule has 1 heterocycles. The zero-order valence-electron chi connectivity index (χ0n) is 35.8. The van der Waals surface area contributed by atoms with Crippen molar-refractivity contribution >= 4 is 22.6 Å². The molecule has 4 fully saturated rings. The summed E-state index contributed by atoms with van der Waals surface area (Å²) in [6.45, 7) is 39.4. The molecule has 0 bridgehead atoms. The number of hydroxylamine groups is 2. The van der Waals surface area contributed by atoms with Crippen LogP contribution in [0.25, 0.3) is 0 Å². The first-order valence-electron chi connectivity index (χ1n) is 20.3.